The Balaban J connectivity index is 2.10. The minimum absolute atomic E-state index is 0.893. The summed E-state index contributed by atoms with van der Waals surface area (Å²) in [5.74, 6) is 0. The Morgan fingerprint density at radius 3 is 2.55 bits per heavy atom. The molecule has 0 saturated heterocycles. The Morgan fingerprint density at radius 1 is 1.05 bits per heavy atom. The van der Waals surface area contributed by atoms with Gasteiger partial charge in [-0.25, -0.2) is 0 Å². The van der Waals surface area contributed by atoms with Gasteiger partial charge in [0, 0.05) is 22.5 Å². The topological polar surface area (TPSA) is 30.9 Å². The summed E-state index contributed by atoms with van der Waals surface area (Å²) in [6.45, 7) is 4.17. The molecule has 0 amide bonds. The molecular formula is C20H20N2. The number of rotatable bonds is 1. The van der Waals surface area contributed by atoms with Crippen LogP contribution in [-0.2, 0) is 6.42 Å². The lowest BCUT2D eigenvalue weighted by molar-refractivity contribution is 0.966. The van der Waals surface area contributed by atoms with E-state index in [0.29, 0.717) is 0 Å². The molecule has 0 unspecified atom stereocenters. The first kappa shape index (κ1) is 13.2. The van der Waals surface area contributed by atoms with E-state index in [-0.39, 0.29) is 0 Å². The standard InChI is InChI=1S/C20H20N2/c1-13-11-15(12-14(2)20(13)21)22-18-9-5-3-7-16(18)17-8-4-6-10-19(17)22/h3,5-7,9-12H,4,8,21H2,1-2H3. The first-order valence-electron chi connectivity index (χ1n) is 7.83. The van der Waals surface area contributed by atoms with Gasteiger partial charge < -0.3 is 10.3 Å². The van der Waals surface area contributed by atoms with Crippen molar-refractivity contribution in [3.05, 3.63) is 64.9 Å². The molecule has 1 aliphatic rings. The van der Waals surface area contributed by atoms with Crippen molar-refractivity contribution in [1.82, 2.24) is 4.57 Å². The highest BCUT2D eigenvalue weighted by atomic mass is 15.0. The van der Waals surface area contributed by atoms with E-state index in [2.05, 4.69) is 67.0 Å². The zero-order valence-electron chi connectivity index (χ0n) is 13.1. The molecule has 4 rings (SSSR count). The molecular weight excluding hydrogens is 268 g/mol. The molecule has 2 aromatic carbocycles. The van der Waals surface area contributed by atoms with Gasteiger partial charge in [0.2, 0.25) is 0 Å². The molecule has 2 N–H and O–H groups in total. The zero-order valence-corrected chi connectivity index (χ0v) is 13.1. The number of benzene rings is 2. The third-order valence-corrected chi connectivity index (χ3v) is 4.69. The fraction of sp³-hybridized carbons (Fsp3) is 0.200. The fourth-order valence-corrected chi connectivity index (χ4v) is 3.55. The van der Waals surface area contributed by atoms with E-state index in [9.17, 15) is 0 Å². The van der Waals surface area contributed by atoms with Gasteiger partial charge >= 0.3 is 0 Å². The third-order valence-electron chi connectivity index (χ3n) is 4.69. The zero-order chi connectivity index (χ0) is 15.3. The van der Waals surface area contributed by atoms with Gasteiger partial charge in [0.05, 0.1) is 5.52 Å². The second-order valence-electron chi connectivity index (χ2n) is 6.15. The van der Waals surface area contributed by atoms with Gasteiger partial charge in [-0.3, -0.25) is 0 Å². The van der Waals surface area contributed by atoms with E-state index in [1.807, 2.05) is 0 Å². The lowest BCUT2D eigenvalue weighted by Crippen LogP contribution is -2.03. The van der Waals surface area contributed by atoms with Gasteiger partial charge in [-0.05, 0) is 67.7 Å². The number of nitrogen functional groups attached to an aromatic ring is 1. The molecule has 0 aliphatic heterocycles. The van der Waals surface area contributed by atoms with E-state index in [1.54, 1.807) is 0 Å². The normalized spacial score (nSPS) is 13.5. The minimum atomic E-state index is 0.893. The van der Waals surface area contributed by atoms with Crippen molar-refractivity contribution in [1.29, 1.82) is 0 Å². The number of anilines is 1. The maximum Gasteiger partial charge on any atom is 0.0537 e. The molecule has 110 valence electrons. The van der Waals surface area contributed by atoms with Crippen molar-refractivity contribution in [3.63, 3.8) is 0 Å². The molecule has 0 fully saturated rings. The smallest absolute Gasteiger partial charge is 0.0537 e. The van der Waals surface area contributed by atoms with Crippen LogP contribution in [-0.4, -0.2) is 4.57 Å². The van der Waals surface area contributed by atoms with Gasteiger partial charge in [-0.15, -0.1) is 0 Å². The number of para-hydroxylation sites is 1. The number of aromatic nitrogens is 1. The number of nitrogens with two attached hydrogens (primary N) is 1. The van der Waals surface area contributed by atoms with Crippen LogP contribution in [0.2, 0.25) is 0 Å². The Kier molecular flexibility index (Phi) is 2.86. The molecule has 0 saturated carbocycles. The van der Waals surface area contributed by atoms with Crippen molar-refractivity contribution in [2.75, 3.05) is 5.73 Å². The van der Waals surface area contributed by atoms with E-state index in [4.69, 9.17) is 5.73 Å². The number of hydrogen-bond acceptors (Lipinski definition) is 1. The monoisotopic (exact) mass is 288 g/mol. The van der Waals surface area contributed by atoms with Crippen molar-refractivity contribution in [2.45, 2.75) is 26.7 Å². The molecule has 0 spiro atoms. The summed E-state index contributed by atoms with van der Waals surface area (Å²) < 4.78 is 2.37. The Labute approximate surface area is 130 Å². The second-order valence-corrected chi connectivity index (χ2v) is 6.15. The van der Waals surface area contributed by atoms with Gasteiger partial charge in [-0.2, -0.15) is 0 Å². The average Bonchev–Trinajstić information content (AvgIpc) is 2.87. The van der Waals surface area contributed by atoms with Gasteiger partial charge in [0.1, 0.15) is 0 Å². The first-order chi connectivity index (χ1) is 10.7. The van der Waals surface area contributed by atoms with E-state index in [0.717, 1.165) is 29.7 Å². The summed E-state index contributed by atoms with van der Waals surface area (Å²) in [7, 11) is 0. The van der Waals surface area contributed by atoms with Crippen LogP contribution in [0.15, 0.2) is 42.5 Å². The summed E-state index contributed by atoms with van der Waals surface area (Å²) in [5, 5.41) is 1.37. The molecule has 0 atom stereocenters. The number of nitrogens with zero attached hydrogens (tertiary/aromatic N) is 1. The predicted molar refractivity (Wildman–Crippen MR) is 94.5 cm³/mol. The summed E-state index contributed by atoms with van der Waals surface area (Å²) in [6.07, 6.45) is 6.78. The molecule has 1 aromatic heterocycles. The maximum atomic E-state index is 6.13. The van der Waals surface area contributed by atoms with E-state index in [1.165, 1.54) is 27.8 Å². The number of allylic oxidation sites excluding steroid dienone is 1. The minimum Gasteiger partial charge on any atom is -0.398 e. The van der Waals surface area contributed by atoms with E-state index < -0.39 is 0 Å². The Hall–Kier alpha value is -2.48. The van der Waals surface area contributed by atoms with Crippen molar-refractivity contribution >= 4 is 22.7 Å². The first-order valence-corrected chi connectivity index (χ1v) is 7.83. The highest BCUT2D eigenvalue weighted by Crippen LogP contribution is 2.34. The van der Waals surface area contributed by atoms with Crippen LogP contribution in [0, 0.1) is 13.8 Å². The maximum absolute atomic E-state index is 6.13. The van der Waals surface area contributed by atoms with Crippen LogP contribution < -0.4 is 5.73 Å². The molecule has 1 heterocycles. The van der Waals surface area contributed by atoms with Crippen LogP contribution in [0.5, 0.6) is 0 Å². The van der Waals surface area contributed by atoms with E-state index >= 15 is 0 Å². The number of aryl methyl sites for hydroxylation is 3. The lowest BCUT2D eigenvalue weighted by atomic mass is 10.0. The molecule has 0 radical (unpaired) electrons. The van der Waals surface area contributed by atoms with Gasteiger partial charge in [-0.1, -0.05) is 24.3 Å². The van der Waals surface area contributed by atoms with Crippen molar-refractivity contribution in [3.8, 4) is 5.69 Å². The van der Waals surface area contributed by atoms with Crippen LogP contribution >= 0.6 is 0 Å². The predicted octanol–water partition coefficient (Wildman–Crippen LogP) is 4.79. The Morgan fingerprint density at radius 2 is 1.77 bits per heavy atom. The molecule has 2 heteroatoms. The fourth-order valence-electron chi connectivity index (χ4n) is 3.55. The SMILES string of the molecule is Cc1cc(-n2c3c(c4ccccc42)CCC=C3)cc(C)c1N. The largest absolute Gasteiger partial charge is 0.398 e. The molecule has 2 nitrogen and oxygen atoms in total. The lowest BCUT2D eigenvalue weighted by Gasteiger charge is -2.15. The molecule has 22 heavy (non-hydrogen) atoms. The number of hydrogen-bond donors (Lipinski definition) is 1. The van der Waals surface area contributed by atoms with Crippen LogP contribution in [0.25, 0.3) is 22.7 Å². The second kappa shape index (κ2) is 4.77. The van der Waals surface area contributed by atoms with Crippen molar-refractivity contribution < 1.29 is 0 Å². The highest BCUT2D eigenvalue weighted by Gasteiger charge is 2.18. The summed E-state index contributed by atoms with van der Waals surface area (Å²) in [5.41, 5.74) is 14.6. The molecule has 1 aliphatic carbocycles. The van der Waals surface area contributed by atoms with Crippen LogP contribution in [0.3, 0.4) is 0 Å². The third kappa shape index (κ3) is 1.80. The average molecular weight is 288 g/mol. The molecule has 0 bridgehead atoms. The van der Waals surface area contributed by atoms with Crippen LogP contribution in [0.4, 0.5) is 5.69 Å². The summed E-state index contributed by atoms with van der Waals surface area (Å²) in [4.78, 5) is 0. The van der Waals surface area contributed by atoms with Gasteiger partial charge in [0.25, 0.3) is 0 Å². The van der Waals surface area contributed by atoms with Gasteiger partial charge in [0.15, 0.2) is 0 Å². The molecule has 3 aromatic rings. The highest BCUT2D eigenvalue weighted by molar-refractivity contribution is 5.90. The van der Waals surface area contributed by atoms with Crippen molar-refractivity contribution in [2.24, 2.45) is 0 Å². The number of fused-ring (bicyclic) bond motifs is 3. The Bertz CT molecular complexity index is 890. The van der Waals surface area contributed by atoms with Crippen LogP contribution in [0.1, 0.15) is 28.8 Å². The summed E-state index contributed by atoms with van der Waals surface area (Å²) >= 11 is 0. The quantitative estimate of drug-likeness (QED) is 0.641. The summed E-state index contributed by atoms with van der Waals surface area (Å²) in [6, 6.07) is 13.1.